The zero-order valence-corrected chi connectivity index (χ0v) is 14.2. The maximum Gasteiger partial charge on any atom is 0.274 e. The molecule has 22 heavy (non-hydrogen) atoms. The summed E-state index contributed by atoms with van der Waals surface area (Å²) in [5, 5.41) is 4.35. The van der Waals surface area contributed by atoms with Crippen molar-refractivity contribution in [2.45, 2.75) is 32.4 Å². The molecule has 6 nitrogen and oxygen atoms in total. The van der Waals surface area contributed by atoms with Crippen LogP contribution in [0.2, 0.25) is 0 Å². The van der Waals surface area contributed by atoms with Crippen molar-refractivity contribution in [3.05, 3.63) is 18.0 Å². The molecule has 1 aliphatic heterocycles. The lowest BCUT2D eigenvalue weighted by molar-refractivity contribution is 0.0629. The van der Waals surface area contributed by atoms with Crippen molar-refractivity contribution in [1.29, 1.82) is 0 Å². The Kier molecular flexibility index (Phi) is 5.97. The fourth-order valence-corrected chi connectivity index (χ4v) is 2.98. The fraction of sp³-hybridized carbons (Fsp3) is 0.750. The van der Waals surface area contributed by atoms with Crippen LogP contribution in [0.3, 0.4) is 0 Å². The van der Waals surface area contributed by atoms with Crippen molar-refractivity contribution in [2.75, 3.05) is 40.9 Å². The lowest BCUT2D eigenvalue weighted by Gasteiger charge is -2.36. The molecule has 1 unspecified atom stereocenters. The Hall–Kier alpha value is -1.40. The molecule has 0 saturated carbocycles. The van der Waals surface area contributed by atoms with E-state index >= 15 is 0 Å². The maximum atomic E-state index is 12.6. The molecule has 0 spiro atoms. The summed E-state index contributed by atoms with van der Waals surface area (Å²) >= 11 is 0. The largest absolute Gasteiger partial charge is 0.383 e. The van der Waals surface area contributed by atoms with Crippen LogP contribution in [0.1, 0.15) is 30.3 Å². The van der Waals surface area contributed by atoms with E-state index in [0.717, 1.165) is 25.9 Å². The van der Waals surface area contributed by atoms with E-state index < -0.39 is 0 Å². The SMILES string of the molecule is COCCn1ccc(C(=O)N(C)C(C)C2CCN(C)CC2)n1. The van der Waals surface area contributed by atoms with Gasteiger partial charge in [-0.15, -0.1) is 0 Å². The van der Waals surface area contributed by atoms with Gasteiger partial charge in [0.05, 0.1) is 13.2 Å². The van der Waals surface area contributed by atoms with Gasteiger partial charge in [-0.3, -0.25) is 9.48 Å². The number of amides is 1. The quantitative estimate of drug-likeness (QED) is 0.795. The maximum absolute atomic E-state index is 12.6. The number of carbonyl (C=O) groups excluding carboxylic acids is 1. The summed E-state index contributed by atoms with van der Waals surface area (Å²) in [5.74, 6) is 0.573. The lowest BCUT2D eigenvalue weighted by atomic mass is 9.89. The number of methoxy groups -OCH3 is 1. The van der Waals surface area contributed by atoms with Crippen molar-refractivity contribution in [1.82, 2.24) is 19.6 Å². The molecule has 0 aromatic carbocycles. The predicted molar refractivity (Wildman–Crippen MR) is 85.9 cm³/mol. The molecule has 0 bridgehead atoms. The van der Waals surface area contributed by atoms with Crippen molar-refractivity contribution in [2.24, 2.45) is 5.92 Å². The van der Waals surface area contributed by atoms with Gasteiger partial charge < -0.3 is 14.5 Å². The first-order chi connectivity index (χ1) is 10.5. The number of rotatable bonds is 6. The number of piperidine rings is 1. The molecule has 124 valence electrons. The Balaban J connectivity index is 1.94. The number of nitrogens with zero attached hydrogens (tertiary/aromatic N) is 4. The van der Waals surface area contributed by atoms with Gasteiger partial charge in [-0.1, -0.05) is 0 Å². The summed E-state index contributed by atoms with van der Waals surface area (Å²) in [6.45, 7) is 5.64. The van der Waals surface area contributed by atoms with Gasteiger partial charge in [0.15, 0.2) is 0 Å². The number of aromatic nitrogens is 2. The molecule has 1 fully saturated rings. The molecule has 2 heterocycles. The second kappa shape index (κ2) is 7.74. The minimum atomic E-state index is 0.00240. The smallest absolute Gasteiger partial charge is 0.274 e. The van der Waals surface area contributed by atoms with Crippen LogP contribution in [0.4, 0.5) is 0 Å². The van der Waals surface area contributed by atoms with E-state index in [0.29, 0.717) is 24.8 Å². The Bertz CT molecular complexity index is 480. The van der Waals surface area contributed by atoms with Crippen molar-refractivity contribution in [3.63, 3.8) is 0 Å². The fourth-order valence-electron chi connectivity index (χ4n) is 2.98. The van der Waals surface area contributed by atoms with E-state index in [1.807, 2.05) is 18.1 Å². The van der Waals surface area contributed by atoms with Crippen LogP contribution in [0.5, 0.6) is 0 Å². The first-order valence-corrected chi connectivity index (χ1v) is 8.01. The van der Waals surface area contributed by atoms with Crippen molar-refractivity contribution >= 4 is 5.91 Å². The number of likely N-dealkylation sites (tertiary alicyclic amines) is 1. The van der Waals surface area contributed by atoms with Gasteiger partial charge >= 0.3 is 0 Å². The minimum Gasteiger partial charge on any atom is -0.383 e. The molecule has 1 aromatic heterocycles. The number of hydrogen-bond donors (Lipinski definition) is 0. The highest BCUT2D eigenvalue weighted by molar-refractivity contribution is 5.92. The molecule has 1 saturated heterocycles. The van der Waals surface area contributed by atoms with Gasteiger partial charge in [-0.2, -0.15) is 5.10 Å². The first-order valence-electron chi connectivity index (χ1n) is 8.01. The van der Waals surface area contributed by atoms with Gasteiger partial charge in [0, 0.05) is 26.4 Å². The monoisotopic (exact) mass is 308 g/mol. The summed E-state index contributed by atoms with van der Waals surface area (Å²) < 4.78 is 6.78. The third-order valence-electron chi connectivity index (χ3n) is 4.76. The zero-order chi connectivity index (χ0) is 16.1. The van der Waals surface area contributed by atoms with E-state index in [1.165, 1.54) is 0 Å². The number of carbonyl (C=O) groups is 1. The zero-order valence-electron chi connectivity index (χ0n) is 14.2. The van der Waals surface area contributed by atoms with Gasteiger partial charge in [0.25, 0.3) is 5.91 Å². The second-order valence-corrected chi connectivity index (χ2v) is 6.25. The van der Waals surface area contributed by atoms with E-state index in [1.54, 1.807) is 17.9 Å². The highest BCUT2D eigenvalue weighted by Crippen LogP contribution is 2.23. The Morgan fingerprint density at radius 3 is 2.82 bits per heavy atom. The Morgan fingerprint density at radius 1 is 1.50 bits per heavy atom. The number of hydrogen-bond acceptors (Lipinski definition) is 4. The van der Waals surface area contributed by atoms with Crippen molar-refractivity contribution < 1.29 is 9.53 Å². The van der Waals surface area contributed by atoms with Crippen LogP contribution in [-0.2, 0) is 11.3 Å². The van der Waals surface area contributed by atoms with Crippen LogP contribution in [0.15, 0.2) is 12.3 Å². The summed E-state index contributed by atoms with van der Waals surface area (Å²) in [6.07, 6.45) is 4.13. The third-order valence-corrected chi connectivity index (χ3v) is 4.76. The predicted octanol–water partition coefficient (Wildman–Crippen LogP) is 1.33. The van der Waals surface area contributed by atoms with E-state index in [2.05, 4.69) is 24.0 Å². The average molecular weight is 308 g/mol. The molecule has 1 amide bonds. The molecule has 2 rings (SSSR count). The highest BCUT2D eigenvalue weighted by Gasteiger charge is 2.28. The van der Waals surface area contributed by atoms with Crippen molar-refractivity contribution in [3.8, 4) is 0 Å². The normalized spacial score (nSPS) is 18.4. The molecular weight excluding hydrogens is 280 g/mol. The van der Waals surface area contributed by atoms with Crippen LogP contribution in [0, 0.1) is 5.92 Å². The first kappa shape index (κ1) is 17.0. The molecule has 1 aliphatic rings. The van der Waals surface area contributed by atoms with Crippen LogP contribution in [0.25, 0.3) is 0 Å². The standard InChI is InChI=1S/C16H28N4O2/c1-13(14-5-8-18(2)9-6-14)19(3)16(21)15-7-10-20(17-15)11-12-22-4/h7,10,13-14H,5-6,8-9,11-12H2,1-4H3. The average Bonchev–Trinajstić information content (AvgIpc) is 3.00. The van der Waals surface area contributed by atoms with Crippen LogP contribution < -0.4 is 0 Å². The summed E-state index contributed by atoms with van der Waals surface area (Å²) in [6, 6.07) is 2.03. The third kappa shape index (κ3) is 4.08. The molecule has 6 heteroatoms. The van der Waals surface area contributed by atoms with E-state index in [9.17, 15) is 4.79 Å². The van der Waals surface area contributed by atoms with E-state index in [4.69, 9.17) is 4.74 Å². The van der Waals surface area contributed by atoms with E-state index in [-0.39, 0.29) is 11.9 Å². The topological polar surface area (TPSA) is 50.6 Å². The molecule has 0 aliphatic carbocycles. The molecule has 1 atom stereocenters. The van der Waals surface area contributed by atoms with Crippen LogP contribution >= 0.6 is 0 Å². The van der Waals surface area contributed by atoms with Gasteiger partial charge in [0.2, 0.25) is 0 Å². The van der Waals surface area contributed by atoms with Crippen LogP contribution in [-0.4, -0.2) is 72.4 Å². The molecule has 0 N–H and O–H groups in total. The second-order valence-electron chi connectivity index (χ2n) is 6.25. The van der Waals surface area contributed by atoms with Gasteiger partial charge in [-0.25, -0.2) is 0 Å². The summed E-state index contributed by atoms with van der Waals surface area (Å²) in [5.41, 5.74) is 0.512. The lowest BCUT2D eigenvalue weighted by Crippen LogP contribution is -2.44. The molecular formula is C16H28N4O2. The Labute approximate surface area is 133 Å². The van der Waals surface area contributed by atoms with Gasteiger partial charge in [0.1, 0.15) is 5.69 Å². The number of ether oxygens (including phenoxy) is 1. The summed E-state index contributed by atoms with van der Waals surface area (Å²) in [7, 11) is 5.70. The highest BCUT2D eigenvalue weighted by atomic mass is 16.5. The summed E-state index contributed by atoms with van der Waals surface area (Å²) in [4.78, 5) is 16.8. The molecule has 0 radical (unpaired) electrons. The van der Waals surface area contributed by atoms with Gasteiger partial charge in [-0.05, 0) is 51.9 Å². The Morgan fingerprint density at radius 2 is 2.18 bits per heavy atom. The molecule has 1 aromatic rings. The minimum absolute atomic E-state index is 0.00240.